The van der Waals surface area contributed by atoms with Gasteiger partial charge >= 0.3 is 0 Å². The van der Waals surface area contributed by atoms with E-state index in [1.54, 1.807) is 18.0 Å². The van der Waals surface area contributed by atoms with E-state index in [2.05, 4.69) is 22.0 Å². The van der Waals surface area contributed by atoms with Crippen LogP contribution in [0.4, 0.5) is 0 Å². The smallest absolute Gasteiger partial charge is 0.254 e. The predicted molar refractivity (Wildman–Crippen MR) is 136 cm³/mol. The average Bonchev–Trinajstić information content (AvgIpc) is 3.21. The van der Waals surface area contributed by atoms with Crippen LogP contribution in [0.25, 0.3) is 10.9 Å². The second-order valence-electron chi connectivity index (χ2n) is 8.90. The van der Waals surface area contributed by atoms with Gasteiger partial charge in [-0.15, -0.1) is 0 Å². The number of aromatic nitrogens is 1. The molecule has 4 aromatic rings. The maximum Gasteiger partial charge on any atom is 0.254 e. The van der Waals surface area contributed by atoms with Crippen molar-refractivity contribution in [2.24, 2.45) is 7.05 Å². The van der Waals surface area contributed by atoms with Crippen LogP contribution >= 0.6 is 0 Å². The van der Waals surface area contributed by atoms with Crippen LogP contribution in [-0.4, -0.2) is 34.9 Å². The maximum absolute atomic E-state index is 13.9. The number of amides is 2. The Morgan fingerprint density at radius 2 is 1.66 bits per heavy atom. The Labute approximate surface area is 205 Å². The fourth-order valence-corrected chi connectivity index (χ4v) is 5.19. The zero-order valence-corrected chi connectivity index (χ0v) is 20.2. The van der Waals surface area contributed by atoms with E-state index in [0.717, 1.165) is 33.3 Å². The highest BCUT2D eigenvalue weighted by Gasteiger charge is 2.43. The van der Waals surface area contributed by atoms with Crippen molar-refractivity contribution in [1.82, 2.24) is 14.8 Å². The van der Waals surface area contributed by atoms with Crippen LogP contribution in [0, 0.1) is 0 Å². The van der Waals surface area contributed by atoms with E-state index >= 15 is 0 Å². The van der Waals surface area contributed by atoms with Crippen molar-refractivity contribution in [2.45, 2.75) is 25.4 Å². The van der Waals surface area contributed by atoms with Gasteiger partial charge in [0.05, 0.1) is 18.6 Å². The van der Waals surface area contributed by atoms with Gasteiger partial charge in [0.25, 0.3) is 5.91 Å². The molecule has 5 rings (SSSR count). The molecule has 0 fully saturated rings. The van der Waals surface area contributed by atoms with E-state index in [9.17, 15) is 9.59 Å². The highest BCUT2D eigenvalue weighted by Crippen LogP contribution is 2.44. The molecular formula is C29H29N3O3. The standard InChI is InChI=1S/C29H29N3O3/c1-4-35-25-16-10-5-11-19(25)17-30-28(33)26-21-13-6-7-14-22(21)29(34)32(3)27(26)23-18-31(2)24-15-9-8-12-20(23)24/h5-16,18,26-27H,4,17H2,1-3H3,(H,30,33). The van der Waals surface area contributed by atoms with Crippen LogP contribution in [-0.2, 0) is 18.4 Å². The first-order valence-corrected chi connectivity index (χ1v) is 11.9. The number of carbonyl (C=O) groups excluding carboxylic acids is 2. The first kappa shape index (κ1) is 22.7. The van der Waals surface area contributed by atoms with Crippen LogP contribution in [0.3, 0.4) is 0 Å². The fourth-order valence-electron chi connectivity index (χ4n) is 5.19. The molecule has 2 heterocycles. The molecule has 0 radical (unpaired) electrons. The third kappa shape index (κ3) is 3.95. The van der Waals surface area contributed by atoms with Crippen molar-refractivity contribution in [3.05, 3.63) is 101 Å². The van der Waals surface area contributed by atoms with Gasteiger partial charge in [0.1, 0.15) is 5.75 Å². The van der Waals surface area contributed by atoms with Crippen LogP contribution in [0.15, 0.2) is 79.0 Å². The van der Waals surface area contributed by atoms with Gasteiger partial charge in [-0.2, -0.15) is 0 Å². The van der Waals surface area contributed by atoms with Crippen molar-refractivity contribution in [1.29, 1.82) is 0 Å². The van der Waals surface area contributed by atoms with Gasteiger partial charge in [0, 0.05) is 54.4 Å². The first-order valence-electron chi connectivity index (χ1n) is 11.9. The van der Waals surface area contributed by atoms with E-state index in [4.69, 9.17) is 4.74 Å². The molecule has 6 heteroatoms. The molecule has 1 N–H and O–H groups in total. The van der Waals surface area contributed by atoms with Gasteiger partial charge in [-0.25, -0.2) is 0 Å². The molecule has 1 aromatic heterocycles. The minimum absolute atomic E-state index is 0.0794. The Hall–Kier alpha value is -4.06. The molecule has 2 atom stereocenters. The molecule has 2 unspecified atom stereocenters. The zero-order valence-electron chi connectivity index (χ0n) is 20.2. The molecule has 35 heavy (non-hydrogen) atoms. The fraction of sp³-hybridized carbons (Fsp3) is 0.241. The third-order valence-electron chi connectivity index (χ3n) is 6.83. The summed E-state index contributed by atoms with van der Waals surface area (Å²) in [6.45, 7) is 2.83. The summed E-state index contributed by atoms with van der Waals surface area (Å²) < 4.78 is 7.79. The van der Waals surface area contributed by atoms with Crippen molar-refractivity contribution in [3.63, 3.8) is 0 Å². The molecule has 1 aliphatic rings. The Morgan fingerprint density at radius 3 is 2.49 bits per heavy atom. The molecule has 0 saturated heterocycles. The molecule has 0 spiro atoms. The average molecular weight is 468 g/mol. The Kier molecular flexibility index (Phi) is 6.03. The summed E-state index contributed by atoms with van der Waals surface area (Å²) in [7, 11) is 3.78. The number of nitrogens with one attached hydrogen (secondary N) is 1. The highest BCUT2D eigenvalue weighted by atomic mass is 16.5. The summed E-state index contributed by atoms with van der Waals surface area (Å²) in [5, 5.41) is 4.17. The van der Waals surface area contributed by atoms with Crippen molar-refractivity contribution in [3.8, 4) is 5.75 Å². The van der Waals surface area contributed by atoms with Gasteiger partial charge in [0.15, 0.2) is 0 Å². The minimum atomic E-state index is -0.557. The van der Waals surface area contributed by atoms with Crippen molar-refractivity contribution >= 4 is 22.7 Å². The number of nitrogens with zero attached hydrogens (tertiary/aromatic N) is 2. The SMILES string of the molecule is CCOc1ccccc1CNC(=O)C1c2ccccc2C(=O)N(C)C1c1cn(C)c2ccccc12. The number of hydrogen-bond acceptors (Lipinski definition) is 3. The van der Waals surface area contributed by atoms with Gasteiger partial charge in [-0.05, 0) is 30.7 Å². The monoisotopic (exact) mass is 467 g/mol. The topological polar surface area (TPSA) is 63.6 Å². The molecular weight excluding hydrogens is 438 g/mol. The number of para-hydroxylation sites is 2. The number of rotatable bonds is 6. The number of carbonyl (C=O) groups is 2. The number of benzene rings is 3. The molecule has 3 aromatic carbocycles. The highest BCUT2D eigenvalue weighted by molar-refractivity contribution is 6.02. The molecule has 1 aliphatic heterocycles. The van der Waals surface area contributed by atoms with Crippen LogP contribution in [0.1, 0.15) is 45.9 Å². The molecule has 2 amide bonds. The van der Waals surface area contributed by atoms with Gasteiger partial charge < -0.3 is 19.5 Å². The van der Waals surface area contributed by atoms with E-state index in [1.807, 2.05) is 74.8 Å². The second-order valence-corrected chi connectivity index (χ2v) is 8.90. The molecule has 6 nitrogen and oxygen atoms in total. The number of aryl methyl sites for hydroxylation is 1. The Bertz CT molecular complexity index is 1410. The quantitative estimate of drug-likeness (QED) is 0.443. The number of likely N-dealkylation sites (N-methyl/N-ethyl adjacent to an activating group) is 1. The normalized spacial score (nSPS) is 17.3. The molecule has 0 saturated carbocycles. The minimum Gasteiger partial charge on any atom is -0.494 e. The van der Waals surface area contributed by atoms with Gasteiger partial charge in [-0.3, -0.25) is 9.59 Å². The van der Waals surface area contributed by atoms with E-state index in [1.165, 1.54) is 0 Å². The lowest BCUT2D eigenvalue weighted by molar-refractivity contribution is -0.124. The Morgan fingerprint density at radius 1 is 0.943 bits per heavy atom. The maximum atomic E-state index is 13.9. The summed E-state index contributed by atoms with van der Waals surface area (Å²) in [5.74, 6) is 0.00140. The van der Waals surface area contributed by atoms with Crippen LogP contribution in [0.2, 0.25) is 0 Å². The predicted octanol–water partition coefficient (Wildman–Crippen LogP) is 4.80. The third-order valence-corrected chi connectivity index (χ3v) is 6.83. The number of hydrogen-bond donors (Lipinski definition) is 1. The van der Waals surface area contributed by atoms with Crippen molar-refractivity contribution in [2.75, 3.05) is 13.7 Å². The van der Waals surface area contributed by atoms with Crippen LogP contribution in [0.5, 0.6) is 5.75 Å². The lowest BCUT2D eigenvalue weighted by atomic mass is 9.79. The molecule has 0 aliphatic carbocycles. The van der Waals surface area contributed by atoms with E-state index in [0.29, 0.717) is 18.7 Å². The van der Waals surface area contributed by atoms with Gasteiger partial charge in [0.2, 0.25) is 5.91 Å². The van der Waals surface area contributed by atoms with E-state index < -0.39 is 12.0 Å². The second kappa shape index (κ2) is 9.29. The zero-order chi connectivity index (χ0) is 24.5. The van der Waals surface area contributed by atoms with E-state index in [-0.39, 0.29) is 11.8 Å². The largest absolute Gasteiger partial charge is 0.494 e. The summed E-state index contributed by atoms with van der Waals surface area (Å²) in [6.07, 6.45) is 2.04. The molecule has 0 bridgehead atoms. The van der Waals surface area contributed by atoms with Crippen molar-refractivity contribution < 1.29 is 14.3 Å². The summed E-state index contributed by atoms with van der Waals surface area (Å²) in [4.78, 5) is 29.0. The number of ether oxygens (including phenoxy) is 1. The number of fused-ring (bicyclic) bond motifs is 2. The first-order chi connectivity index (χ1) is 17.0. The Balaban J connectivity index is 1.57. The summed E-state index contributed by atoms with van der Waals surface area (Å²) in [5.41, 5.74) is 4.26. The summed E-state index contributed by atoms with van der Waals surface area (Å²) >= 11 is 0. The van der Waals surface area contributed by atoms with Gasteiger partial charge in [-0.1, -0.05) is 54.6 Å². The van der Waals surface area contributed by atoms with Crippen LogP contribution < -0.4 is 10.1 Å². The lowest BCUT2D eigenvalue weighted by Crippen LogP contribution is -2.45. The molecule has 178 valence electrons. The summed E-state index contributed by atoms with van der Waals surface area (Å²) in [6, 6.07) is 22.8. The lowest BCUT2D eigenvalue weighted by Gasteiger charge is -2.39.